The Morgan fingerprint density at radius 2 is 1.90 bits per heavy atom. The fourth-order valence-corrected chi connectivity index (χ4v) is 4.79. The summed E-state index contributed by atoms with van der Waals surface area (Å²) >= 11 is 1.27. The third-order valence-electron chi connectivity index (χ3n) is 3.05. The number of aliphatic hydroxyl groups is 1. The summed E-state index contributed by atoms with van der Waals surface area (Å²) in [6, 6.07) is 9.43. The number of nitrogens with zero attached hydrogens (tertiary/aromatic N) is 1. The predicted octanol–water partition coefficient (Wildman–Crippen LogP) is 2.37. The smallest absolute Gasteiger partial charge is 0.244 e. The number of hydrogen-bond donors (Lipinski definition) is 1. The molecule has 0 atom stereocenters. The Balaban J connectivity index is 2.32. The van der Waals surface area contributed by atoms with E-state index in [0.29, 0.717) is 17.0 Å². The quantitative estimate of drug-likeness (QED) is 0.922. The molecule has 0 saturated carbocycles. The second kappa shape index (κ2) is 6.05. The molecule has 0 spiro atoms. The molecule has 0 fully saturated rings. The van der Waals surface area contributed by atoms with Crippen molar-refractivity contribution in [2.24, 2.45) is 0 Å². The third-order valence-corrected chi connectivity index (χ3v) is 6.30. The standard InChI is InChI=1S/C14H17NO3S2/c1-11-10-19-13(9-16)14(11)20(17,18)15(2)8-12-6-4-3-5-7-12/h3-7,10,16H,8-9H2,1-2H3. The lowest BCUT2D eigenvalue weighted by Crippen LogP contribution is -2.27. The van der Waals surface area contributed by atoms with E-state index in [4.69, 9.17) is 0 Å². The maximum atomic E-state index is 12.6. The van der Waals surface area contributed by atoms with E-state index >= 15 is 0 Å². The van der Waals surface area contributed by atoms with Crippen molar-refractivity contribution in [2.75, 3.05) is 7.05 Å². The van der Waals surface area contributed by atoms with Gasteiger partial charge < -0.3 is 5.11 Å². The Labute approximate surface area is 123 Å². The molecule has 0 radical (unpaired) electrons. The molecular formula is C14H17NO3S2. The summed E-state index contributed by atoms with van der Waals surface area (Å²) in [5.41, 5.74) is 1.61. The predicted molar refractivity (Wildman–Crippen MR) is 80.1 cm³/mol. The van der Waals surface area contributed by atoms with Crippen LogP contribution in [0.3, 0.4) is 0 Å². The summed E-state index contributed by atoms with van der Waals surface area (Å²) in [6.07, 6.45) is 0. The number of sulfonamides is 1. The van der Waals surface area contributed by atoms with Gasteiger partial charge in [0.1, 0.15) is 4.90 Å². The van der Waals surface area contributed by atoms with Crippen LogP contribution in [0, 0.1) is 6.92 Å². The molecule has 2 rings (SSSR count). The molecule has 1 aromatic heterocycles. The first kappa shape index (κ1) is 15.2. The Hall–Kier alpha value is -1.21. The van der Waals surface area contributed by atoms with Gasteiger partial charge in [0, 0.05) is 13.6 Å². The average Bonchev–Trinajstić information content (AvgIpc) is 2.81. The minimum Gasteiger partial charge on any atom is -0.391 e. The van der Waals surface area contributed by atoms with Gasteiger partial charge in [-0.15, -0.1) is 11.3 Å². The van der Waals surface area contributed by atoms with Crippen LogP contribution < -0.4 is 0 Å². The highest BCUT2D eigenvalue weighted by Crippen LogP contribution is 2.29. The molecule has 4 nitrogen and oxygen atoms in total. The van der Waals surface area contributed by atoms with Crippen LogP contribution in [0.15, 0.2) is 40.6 Å². The zero-order valence-electron chi connectivity index (χ0n) is 11.4. The van der Waals surface area contributed by atoms with Gasteiger partial charge in [0.15, 0.2) is 0 Å². The molecule has 2 aromatic rings. The van der Waals surface area contributed by atoms with Gasteiger partial charge >= 0.3 is 0 Å². The second-order valence-corrected chi connectivity index (χ2v) is 7.52. The molecule has 0 amide bonds. The maximum absolute atomic E-state index is 12.6. The summed E-state index contributed by atoms with van der Waals surface area (Å²) < 4.78 is 26.6. The fourth-order valence-electron chi connectivity index (χ4n) is 2.02. The first-order valence-corrected chi connectivity index (χ1v) is 8.47. The van der Waals surface area contributed by atoms with Crippen molar-refractivity contribution in [1.29, 1.82) is 0 Å². The Bertz CT molecular complexity index is 678. The second-order valence-electron chi connectivity index (χ2n) is 4.58. The molecule has 1 heterocycles. The fraction of sp³-hybridized carbons (Fsp3) is 0.286. The molecular weight excluding hydrogens is 294 g/mol. The van der Waals surface area contributed by atoms with Crippen LogP contribution in [0.1, 0.15) is 16.0 Å². The van der Waals surface area contributed by atoms with E-state index in [1.807, 2.05) is 30.3 Å². The van der Waals surface area contributed by atoms with Crippen LogP contribution in [0.5, 0.6) is 0 Å². The van der Waals surface area contributed by atoms with Gasteiger partial charge in [0.25, 0.3) is 0 Å². The van der Waals surface area contributed by atoms with Crippen molar-refractivity contribution in [2.45, 2.75) is 25.0 Å². The highest BCUT2D eigenvalue weighted by molar-refractivity contribution is 7.89. The van der Waals surface area contributed by atoms with Crippen molar-refractivity contribution in [3.63, 3.8) is 0 Å². The topological polar surface area (TPSA) is 57.6 Å². The zero-order chi connectivity index (χ0) is 14.8. The van der Waals surface area contributed by atoms with Crippen molar-refractivity contribution < 1.29 is 13.5 Å². The van der Waals surface area contributed by atoms with E-state index < -0.39 is 10.0 Å². The molecule has 20 heavy (non-hydrogen) atoms. The van der Waals surface area contributed by atoms with Gasteiger partial charge in [0.05, 0.1) is 11.5 Å². The van der Waals surface area contributed by atoms with Crippen LogP contribution in [0.2, 0.25) is 0 Å². The highest BCUT2D eigenvalue weighted by Gasteiger charge is 2.27. The summed E-state index contributed by atoms with van der Waals surface area (Å²) in [7, 11) is -2.03. The van der Waals surface area contributed by atoms with E-state index in [0.717, 1.165) is 5.56 Å². The van der Waals surface area contributed by atoms with Gasteiger partial charge in [0.2, 0.25) is 10.0 Å². The molecule has 1 aromatic carbocycles. The van der Waals surface area contributed by atoms with Gasteiger partial charge in [-0.05, 0) is 23.4 Å². The minimum absolute atomic E-state index is 0.239. The number of benzene rings is 1. The molecule has 0 bridgehead atoms. The molecule has 0 aliphatic carbocycles. The largest absolute Gasteiger partial charge is 0.391 e. The van der Waals surface area contributed by atoms with Crippen molar-refractivity contribution in [1.82, 2.24) is 4.31 Å². The van der Waals surface area contributed by atoms with Crippen LogP contribution >= 0.6 is 11.3 Å². The number of rotatable bonds is 5. The lowest BCUT2D eigenvalue weighted by molar-refractivity contribution is 0.282. The van der Waals surface area contributed by atoms with Crippen LogP contribution in [-0.2, 0) is 23.2 Å². The normalized spacial score (nSPS) is 12.0. The average molecular weight is 311 g/mol. The first-order valence-electron chi connectivity index (χ1n) is 6.15. The van der Waals surface area contributed by atoms with Gasteiger partial charge in [-0.1, -0.05) is 30.3 Å². The monoisotopic (exact) mass is 311 g/mol. The molecule has 0 saturated heterocycles. The van der Waals surface area contributed by atoms with E-state index in [1.54, 1.807) is 19.4 Å². The maximum Gasteiger partial charge on any atom is 0.244 e. The summed E-state index contributed by atoms with van der Waals surface area (Å²) in [6.45, 7) is 1.80. The van der Waals surface area contributed by atoms with Crippen LogP contribution in [-0.4, -0.2) is 24.9 Å². The highest BCUT2D eigenvalue weighted by atomic mass is 32.2. The van der Waals surface area contributed by atoms with Crippen LogP contribution in [0.25, 0.3) is 0 Å². The Morgan fingerprint density at radius 3 is 2.50 bits per heavy atom. The lowest BCUT2D eigenvalue weighted by Gasteiger charge is -2.18. The van der Waals surface area contributed by atoms with E-state index in [9.17, 15) is 13.5 Å². The number of thiophene rings is 1. The van der Waals surface area contributed by atoms with Crippen molar-refractivity contribution in [3.05, 3.63) is 51.7 Å². The molecule has 0 unspecified atom stereocenters. The number of hydrogen-bond acceptors (Lipinski definition) is 4. The summed E-state index contributed by atoms with van der Waals surface area (Å²) in [5.74, 6) is 0. The Kier molecular flexibility index (Phi) is 4.59. The first-order chi connectivity index (χ1) is 9.46. The molecule has 1 N–H and O–H groups in total. The minimum atomic E-state index is -3.58. The van der Waals surface area contributed by atoms with E-state index in [-0.39, 0.29) is 11.5 Å². The van der Waals surface area contributed by atoms with Crippen molar-refractivity contribution >= 4 is 21.4 Å². The molecule has 6 heteroatoms. The molecule has 0 aliphatic rings. The SMILES string of the molecule is Cc1csc(CO)c1S(=O)(=O)N(C)Cc1ccccc1. The zero-order valence-corrected chi connectivity index (χ0v) is 13.0. The van der Waals surface area contributed by atoms with Gasteiger partial charge in [-0.2, -0.15) is 4.31 Å². The van der Waals surface area contributed by atoms with E-state index in [2.05, 4.69) is 0 Å². The summed E-state index contributed by atoms with van der Waals surface area (Å²) in [4.78, 5) is 0.728. The number of aryl methyl sites for hydroxylation is 1. The summed E-state index contributed by atoms with van der Waals surface area (Å²) in [5, 5.41) is 11.1. The van der Waals surface area contributed by atoms with E-state index in [1.165, 1.54) is 15.6 Å². The van der Waals surface area contributed by atoms with Crippen molar-refractivity contribution in [3.8, 4) is 0 Å². The molecule has 108 valence electrons. The number of aliphatic hydroxyl groups excluding tert-OH is 1. The Morgan fingerprint density at radius 1 is 1.25 bits per heavy atom. The molecule has 0 aliphatic heterocycles. The van der Waals surface area contributed by atoms with Gasteiger partial charge in [-0.3, -0.25) is 0 Å². The van der Waals surface area contributed by atoms with Crippen LogP contribution in [0.4, 0.5) is 0 Å². The lowest BCUT2D eigenvalue weighted by atomic mass is 10.2. The third kappa shape index (κ3) is 2.93. The van der Waals surface area contributed by atoms with Gasteiger partial charge in [-0.25, -0.2) is 8.42 Å².